The number of rotatable bonds is 4. The third kappa shape index (κ3) is 2.45. The minimum Gasteiger partial charge on any atom is -0.493 e. The standard InChI is InChI=1S/C15H21NO4/c1-9-11(17)7-8-16-13(9)10-5-6-12(18-2)15(20-4)14(10)19-3/h5-6,9,13,16H,7-8H2,1-4H3/t9-,13-/m0/s1. The second-order valence-corrected chi connectivity index (χ2v) is 4.86. The zero-order valence-electron chi connectivity index (χ0n) is 12.4. The number of carbonyl (C=O) groups excluding carboxylic acids is 1. The smallest absolute Gasteiger partial charge is 0.203 e. The Bertz CT molecular complexity index is 501. The number of carbonyl (C=O) groups is 1. The van der Waals surface area contributed by atoms with Gasteiger partial charge in [0, 0.05) is 30.5 Å². The molecule has 110 valence electrons. The van der Waals surface area contributed by atoms with Gasteiger partial charge in [-0.25, -0.2) is 0 Å². The molecule has 1 saturated heterocycles. The van der Waals surface area contributed by atoms with E-state index in [-0.39, 0.29) is 17.7 Å². The molecular formula is C15H21NO4. The van der Waals surface area contributed by atoms with Gasteiger partial charge in [0.2, 0.25) is 5.75 Å². The normalized spacial score (nSPS) is 22.5. The molecule has 0 saturated carbocycles. The van der Waals surface area contributed by atoms with Crippen molar-refractivity contribution >= 4 is 5.78 Å². The summed E-state index contributed by atoms with van der Waals surface area (Å²) >= 11 is 0. The lowest BCUT2D eigenvalue weighted by molar-refractivity contribution is -0.124. The number of nitrogens with one attached hydrogen (secondary N) is 1. The van der Waals surface area contributed by atoms with E-state index in [0.29, 0.717) is 30.2 Å². The van der Waals surface area contributed by atoms with Crippen LogP contribution in [0, 0.1) is 5.92 Å². The van der Waals surface area contributed by atoms with Crippen molar-refractivity contribution in [3.8, 4) is 17.2 Å². The summed E-state index contributed by atoms with van der Waals surface area (Å²) in [4.78, 5) is 11.9. The summed E-state index contributed by atoms with van der Waals surface area (Å²) in [5.41, 5.74) is 0.922. The Morgan fingerprint density at radius 2 is 1.80 bits per heavy atom. The van der Waals surface area contributed by atoms with Gasteiger partial charge in [-0.3, -0.25) is 4.79 Å². The largest absolute Gasteiger partial charge is 0.493 e. The van der Waals surface area contributed by atoms with Gasteiger partial charge in [-0.15, -0.1) is 0 Å². The van der Waals surface area contributed by atoms with Gasteiger partial charge >= 0.3 is 0 Å². The summed E-state index contributed by atoms with van der Waals surface area (Å²) in [6.07, 6.45) is 0.577. The minimum atomic E-state index is -0.0873. The van der Waals surface area contributed by atoms with Crippen molar-refractivity contribution in [3.63, 3.8) is 0 Å². The Hall–Kier alpha value is -1.75. The van der Waals surface area contributed by atoms with Crippen LogP contribution in [0.1, 0.15) is 24.9 Å². The molecule has 1 aliphatic heterocycles. The molecule has 5 nitrogen and oxygen atoms in total. The Morgan fingerprint density at radius 3 is 2.40 bits per heavy atom. The quantitative estimate of drug-likeness (QED) is 0.913. The van der Waals surface area contributed by atoms with E-state index in [2.05, 4.69) is 5.32 Å². The molecule has 2 rings (SSSR count). The van der Waals surface area contributed by atoms with Crippen LogP contribution in [-0.2, 0) is 4.79 Å². The van der Waals surface area contributed by atoms with Crippen LogP contribution >= 0.6 is 0 Å². The third-order valence-electron chi connectivity index (χ3n) is 3.81. The van der Waals surface area contributed by atoms with Crippen LogP contribution in [0.25, 0.3) is 0 Å². The molecule has 5 heteroatoms. The van der Waals surface area contributed by atoms with Gasteiger partial charge in [0.25, 0.3) is 0 Å². The Balaban J connectivity index is 2.48. The highest BCUT2D eigenvalue weighted by Gasteiger charge is 2.32. The third-order valence-corrected chi connectivity index (χ3v) is 3.81. The zero-order chi connectivity index (χ0) is 14.7. The van der Waals surface area contributed by atoms with Gasteiger partial charge in [-0.05, 0) is 12.1 Å². The van der Waals surface area contributed by atoms with Crippen LogP contribution in [0.15, 0.2) is 12.1 Å². The fraction of sp³-hybridized carbons (Fsp3) is 0.533. The molecule has 0 aliphatic carbocycles. The molecule has 1 aliphatic rings. The first-order valence-electron chi connectivity index (χ1n) is 6.69. The topological polar surface area (TPSA) is 56.8 Å². The number of ketones is 1. The van der Waals surface area contributed by atoms with E-state index in [4.69, 9.17) is 14.2 Å². The van der Waals surface area contributed by atoms with Crippen molar-refractivity contribution in [3.05, 3.63) is 17.7 Å². The molecule has 1 aromatic carbocycles. The SMILES string of the molecule is COc1ccc([C@H]2NCCC(=O)[C@@H]2C)c(OC)c1OC. The van der Waals surface area contributed by atoms with Gasteiger partial charge in [-0.2, -0.15) is 0 Å². The highest BCUT2D eigenvalue weighted by molar-refractivity contribution is 5.83. The molecule has 0 bridgehead atoms. The molecule has 1 heterocycles. The Labute approximate surface area is 119 Å². The average Bonchev–Trinajstić information content (AvgIpc) is 2.48. The second kappa shape index (κ2) is 6.13. The first-order valence-corrected chi connectivity index (χ1v) is 6.69. The average molecular weight is 279 g/mol. The molecule has 0 radical (unpaired) electrons. The summed E-state index contributed by atoms with van der Waals surface area (Å²) < 4.78 is 16.2. The van der Waals surface area contributed by atoms with Crippen molar-refractivity contribution < 1.29 is 19.0 Å². The van der Waals surface area contributed by atoms with Crippen LogP contribution in [0.2, 0.25) is 0 Å². The predicted octanol–water partition coefficient (Wildman–Crippen LogP) is 1.95. The van der Waals surface area contributed by atoms with Crippen LogP contribution in [0.3, 0.4) is 0 Å². The van der Waals surface area contributed by atoms with E-state index < -0.39 is 0 Å². The van der Waals surface area contributed by atoms with Crippen LogP contribution in [0.5, 0.6) is 17.2 Å². The predicted molar refractivity (Wildman–Crippen MR) is 75.6 cm³/mol. The Kier molecular flexibility index (Phi) is 4.49. The van der Waals surface area contributed by atoms with Crippen LogP contribution in [-0.4, -0.2) is 33.7 Å². The van der Waals surface area contributed by atoms with Crippen molar-refractivity contribution in [2.24, 2.45) is 5.92 Å². The summed E-state index contributed by atoms with van der Waals surface area (Å²) in [5.74, 6) is 1.97. The highest BCUT2D eigenvalue weighted by Crippen LogP contribution is 2.44. The maximum atomic E-state index is 11.9. The number of methoxy groups -OCH3 is 3. The summed E-state index contributed by atoms with van der Waals surface area (Å²) in [5, 5.41) is 3.38. The monoisotopic (exact) mass is 279 g/mol. The van der Waals surface area contributed by atoms with Gasteiger partial charge in [0.05, 0.1) is 21.3 Å². The molecule has 0 aromatic heterocycles. The van der Waals surface area contributed by atoms with Gasteiger partial charge in [0.15, 0.2) is 11.5 Å². The molecule has 1 fully saturated rings. The highest BCUT2D eigenvalue weighted by atomic mass is 16.5. The summed E-state index contributed by atoms with van der Waals surface area (Å²) in [7, 11) is 4.76. The van der Waals surface area contributed by atoms with E-state index in [1.807, 2.05) is 19.1 Å². The van der Waals surface area contributed by atoms with Crippen molar-refractivity contribution in [2.45, 2.75) is 19.4 Å². The van der Waals surface area contributed by atoms with E-state index in [1.54, 1.807) is 21.3 Å². The summed E-state index contributed by atoms with van der Waals surface area (Å²) in [6, 6.07) is 3.70. The van der Waals surface area contributed by atoms with E-state index in [1.165, 1.54) is 0 Å². The van der Waals surface area contributed by atoms with Gasteiger partial charge in [0.1, 0.15) is 5.78 Å². The second-order valence-electron chi connectivity index (χ2n) is 4.86. The molecule has 20 heavy (non-hydrogen) atoms. The number of piperidine rings is 1. The minimum absolute atomic E-state index is 0.0639. The fourth-order valence-corrected chi connectivity index (χ4v) is 2.69. The number of Topliss-reactive ketones (excluding diaryl/α,β-unsaturated/α-hetero) is 1. The van der Waals surface area contributed by atoms with E-state index >= 15 is 0 Å². The van der Waals surface area contributed by atoms with Crippen molar-refractivity contribution in [1.82, 2.24) is 5.32 Å². The zero-order valence-corrected chi connectivity index (χ0v) is 12.4. The van der Waals surface area contributed by atoms with Gasteiger partial charge in [-0.1, -0.05) is 6.92 Å². The van der Waals surface area contributed by atoms with Crippen molar-refractivity contribution in [1.29, 1.82) is 0 Å². The lowest BCUT2D eigenvalue weighted by Crippen LogP contribution is -2.39. The maximum absolute atomic E-state index is 11.9. The first kappa shape index (κ1) is 14.7. The van der Waals surface area contributed by atoms with Gasteiger partial charge < -0.3 is 19.5 Å². The lowest BCUT2D eigenvalue weighted by Gasteiger charge is -2.31. The maximum Gasteiger partial charge on any atom is 0.203 e. The molecule has 1 aromatic rings. The number of hydrogen-bond acceptors (Lipinski definition) is 5. The molecular weight excluding hydrogens is 258 g/mol. The lowest BCUT2D eigenvalue weighted by atomic mass is 9.86. The molecule has 1 N–H and O–H groups in total. The van der Waals surface area contributed by atoms with Crippen molar-refractivity contribution in [2.75, 3.05) is 27.9 Å². The summed E-state index contributed by atoms with van der Waals surface area (Å²) in [6.45, 7) is 2.63. The first-order chi connectivity index (χ1) is 9.63. The molecule has 0 amide bonds. The number of benzene rings is 1. The van der Waals surface area contributed by atoms with Crippen LogP contribution < -0.4 is 19.5 Å². The number of hydrogen-bond donors (Lipinski definition) is 1. The fourth-order valence-electron chi connectivity index (χ4n) is 2.69. The molecule has 0 unspecified atom stereocenters. The van der Waals surface area contributed by atoms with E-state index in [0.717, 1.165) is 5.56 Å². The van der Waals surface area contributed by atoms with Crippen LogP contribution in [0.4, 0.5) is 0 Å². The Morgan fingerprint density at radius 1 is 1.10 bits per heavy atom. The number of ether oxygens (including phenoxy) is 3. The molecule has 2 atom stereocenters. The van der Waals surface area contributed by atoms with E-state index in [9.17, 15) is 4.79 Å². The molecule has 0 spiro atoms.